The number of imidazole rings is 1. The van der Waals surface area contributed by atoms with Crippen LogP contribution in [0.1, 0.15) is 24.3 Å². The molecule has 0 saturated heterocycles. The quantitative estimate of drug-likeness (QED) is 0.476. The molecule has 8 nitrogen and oxygen atoms in total. The van der Waals surface area contributed by atoms with E-state index in [2.05, 4.69) is 15.1 Å². The third-order valence-corrected chi connectivity index (χ3v) is 3.07. The number of aromatic nitrogens is 3. The standard InChI is InChI=1S/C12H17N3O5/c1-2-6-5-20-15-9(6)12-13-3-7(14-12)10(18)11(19)8(17)4-16/h3,5,8,10-11,16-19H,2,4H2,1H3,(H,13,14)/t8-,10-,11-/m1/s1. The first-order valence-corrected chi connectivity index (χ1v) is 6.22. The highest BCUT2D eigenvalue weighted by Crippen LogP contribution is 2.23. The van der Waals surface area contributed by atoms with Crippen molar-refractivity contribution in [1.82, 2.24) is 15.1 Å². The summed E-state index contributed by atoms with van der Waals surface area (Å²) in [6, 6.07) is 0. The molecule has 0 aliphatic heterocycles. The number of hydrogen-bond donors (Lipinski definition) is 5. The summed E-state index contributed by atoms with van der Waals surface area (Å²) in [6.45, 7) is 1.29. The molecule has 0 amide bonds. The Hall–Kier alpha value is -1.74. The monoisotopic (exact) mass is 283 g/mol. The number of rotatable bonds is 6. The Morgan fingerprint density at radius 3 is 2.75 bits per heavy atom. The van der Waals surface area contributed by atoms with Crippen LogP contribution < -0.4 is 0 Å². The third-order valence-electron chi connectivity index (χ3n) is 3.07. The number of nitrogens with one attached hydrogen (secondary N) is 1. The summed E-state index contributed by atoms with van der Waals surface area (Å²) in [5, 5.41) is 41.4. The molecule has 8 heteroatoms. The highest BCUT2D eigenvalue weighted by molar-refractivity contribution is 5.53. The van der Waals surface area contributed by atoms with Crippen molar-refractivity contribution in [2.75, 3.05) is 6.61 Å². The normalized spacial score (nSPS) is 16.1. The van der Waals surface area contributed by atoms with Gasteiger partial charge in [0.25, 0.3) is 0 Å². The van der Waals surface area contributed by atoms with E-state index in [9.17, 15) is 15.3 Å². The van der Waals surface area contributed by atoms with E-state index < -0.39 is 24.9 Å². The van der Waals surface area contributed by atoms with Crippen molar-refractivity contribution in [2.45, 2.75) is 31.7 Å². The molecule has 0 aliphatic rings. The molecule has 2 aromatic rings. The number of aryl methyl sites for hydroxylation is 1. The zero-order valence-corrected chi connectivity index (χ0v) is 10.9. The molecule has 5 N–H and O–H groups in total. The average molecular weight is 283 g/mol. The number of H-pyrrole nitrogens is 1. The van der Waals surface area contributed by atoms with Crippen molar-refractivity contribution in [1.29, 1.82) is 0 Å². The van der Waals surface area contributed by atoms with Gasteiger partial charge < -0.3 is 29.9 Å². The summed E-state index contributed by atoms with van der Waals surface area (Å²) in [5.74, 6) is 0.398. The molecule has 0 fully saturated rings. The predicted octanol–water partition coefficient (Wildman–Crippen LogP) is -0.625. The van der Waals surface area contributed by atoms with E-state index >= 15 is 0 Å². The number of hydrogen-bond acceptors (Lipinski definition) is 7. The lowest BCUT2D eigenvalue weighted by Crippen LogP contribution is -2.34. The molecule has 2 aromatic heterocycles. The lowest BCUT2D eigenvalue weighted by atomic mass is 10.1. The van der Waals surface area contributed by atoms with Crippen molar-refractivity contribution in [3.05, 3.63) is 23.7 Å². The molecule has 2 heterocycles. The molecule has 20 heavy (non-hydrogen) atoms. The predicted molar refractivity (Wildman–Crippen MR) is 67.5 cm³/mol. The van der Waals surface area contributed by atoms with E-state index in [-0.39, 0.29) is 5.69 Å². The van der Waals surface area contributed by atoms with Crippen LogP contribution in [0, 0.1) is 0 Å². The molecule has 0 spiro atoms. The molecule has 0 bridgehead atoms. The molecule has 3 atom stereocenters. The highest BCUT2D eigenvalue weighted by Gasteiger charge is 2.27. The lowest BCUT2D eigenvalue weighted by Gasteiger charge is -2.20. The topological polar surface area (TPSA) is 136 Å². The van der Waals surface area contributed by atoms with Crippen LogP contribution >= 0.6 is 0 Å². The fraction of sp³-hybridized carbons (Fsp3) is 0.500. The van der Waals surface area contributed by atoms with Crippen LogP contribution in [0.5, 0.6) is 0 Å². The zero-order chi connectivity index (χ0) is 14.7. The Morgan fingerprint density at radius 2 is 2.10 bits per heavy atom. The van der Waals surface area contributed by atoms with E-state index in [0.717, 1.165) is 5.56 Å². The van der Waals surface area contributed by atoms with E-state index in [1.54, 1.807) is 0 Å². The molecule has 110 valence electrons. The van der Waals surface area contributed by atoms with Crippen molar-refractivity contribution >= 4 is 0 Å². The fourth-order valence-electron chi connectivity index (χ4n) is 1.81. The van der Waals surface area contributed by atoms with Gasteiger partial charge in [0.15, 0.2) is 11.5 Å². The SMILES string of the molecule is CCc1conc1-c1ncc([C@@H](O)[C@H](O)[C@H](O)CO)[nH]1. The molecular weight excluding hydrogens is 266 g/mol. The second kappa shape index (κ2) is 6.14. The van der Waals surface area contributed by atoms with Crippen LogP contribution in [0.3, 0.4) is 0 Å². The average Bonchev–Trinajstić information content (AvgIpc) is 3.12. The van der Waals surface area contributed by atoms with Crippen LogP contribution in [0.25, 0.3) is 11.5 Å². The second-order valence-corrected chi connectivity index (χ2v) is 4.41. The minimum atomic E-state index is -1.52. The first-order valence-electron chi connectivity index (χ1n) is 6.22. The zero-order valence-electron chi connectivity index (χ0n) is 10.9. The third kappa shape index (κ3) is 2.73. The molecular formula is C12H17N3O5. The highest BCUT2D eigenvalue weighted by atomic mass is 16.5. The first-order chi connectivity index (χ1) is 9.58. The van der Waals surface area contributed by atoms with Crippen LogP contribution in [-0.2, 0) is 6.42 Å². The minimum Gasteiger partial charge on any atom is -0.394 e. The van der Waals surface area contributed by atoms with Crippen LogP contribution in [0.4, 0.5) is 0 Å². The van der Waals surface area contributed by atoms with Crippen LogP contribution in [-0.4, -0.2) is 54.4 Å². The first kappa shape index (κ1) is 14.7. The van der Waals surface area contributed by atoms with E-state index in [4.69, 9.17) is 9.63 Å². The molecule has 0 radical (unpaired) electrons. The van der Waals surface area contributed by atoms with Crippen LogP contribution in [0.2, 0.25) is 0 Å². The number of aliphatic hydroxyl groups excluding tert-OH is 4. The Bertz CT molecular complexity index is 553. The van der Waals surface area contributed by atoms with Gasteiger partial charge in [-0.15, -0.1) is 0 Å². The van der Waals surface area contributed by atoms with Crippen molar-refractivity contribution in [3.8, 4) is 11.5 Å². The number of aliphatic hydroxyl groups is 4. The maximum absolute atomic E-state index is 9.89. The van der Waals surface area contributed by atoms with Gasteiger partial charge in [0.2, 0.25) is 0 Å². The summed E-state index contributed by atoms with van der Waals surface area (Å²) in [5.41, 5.74) is 1.60. The summed E-state index contributed by atoms with van der Waals surface area (Å²) < 4.78 is 4.87. The van der Waals surface area contributed by atoms with Gasteiger partial charge in [-0.2, -0.15) is 0 Å². The van der Waals surface area contributed by atoms with Crippen molar-refractivity contribution in [3.63, 3.8) is 0 Å². The van der Waals surface area contributed by atoms with Gasteiger partial charge in [0.05, 0.1) is 18.5 Å². The second-order valence-electron chi connectivity index (χ2n) is 4.41. The molecule has 0 aromatic carbocycles. The van der Waals surface area contributed by atoms with Gasteiger partial charge in [-0.25, -0.2) is 4.98 Å². The van der Waals surface area contributed by atoms with Gasteiger partial charge in [-0.1, -0.05) is 12.1 Å². The van der Waals surface area contributed by atoms with Gasteiger partial charge in [-0.3, -0.25) is 0 Å². The summed E-state index contributed by atoms with van der Waals surface area (Å²) >= 11 is 0. The van der Waals surface area contributed by atoms with Crippen LogP contribution in [0.15, 0.2) is 17.0 Å². The largest absolute Gasteiger partial charge is 0.394 e. The summed E-state index contributed by atoms with van der Waals surface area (Å²) in [7, 11) is 0. The van der Waals surface area contributed by atoms with E-state index in [1.165, 1.54) is 12.5 Å². The van der Waals surface area contributed by atoms with Gasteiger partial charge in [0, 0.05) is 5.56 Å². The minimum absolute atomic E-state index is 0.213. The lowest BCUT2D eigenvalue weighted by molar-refractivity contribution is -0.0788. The Labute approximate surface area is 114 Å². The maximum Gasteiger partial charge on any atom is 0.160 e. The Morgan fingerprint density at radius 1 is 1.35 bits per heavy atom. The van der Waals surface area contributed by atoms with E-state index in [1.807, 2.05) is 6.92 Å². The number of nitrogens with zero attached hydrogens (tertiary/aromatic N) is 2. The Kier molecular flexibility index (Phi) is 4.50. The van der Waals surface area contributed by atoms with Crippen molar-refractivity contribution in [2.24, 2.45) is 0 Å². The van der Waals surface area contributed by atoms with Gasteiger partial charge >= 0.3 is 0 Å². The molecule has 0 saturated carbocycles. The fourth-order valence-corrected chi connectivity index (χ4v) is 1.81. The van der Waals surface area contributed by atoms with Gasteiger partial charge in [-0.05, 0) is 6.42 Å². The smallest absolute Gasteiger partial charge is 0.160 e. The number of aromatic amines is 1. The van der Waals surface area contributed by atoms with E-state index in [0.29, 0.717) is 17.9 Å². The summed E-state index contributed by atoms with van der Waals surface area (Å²) in [6.07, 6.45) is -0.787. The maximum atomic E-state index is 9.89. The van der Waals surface area contributed by atoms with Gasteiger partial charge in [0.1, 0.15) is 24.6 Å². The molecule has 0 unspecified atom stereocenters. The summed E-state index contributed by atoms with van der Waals surface area (Å²) in [4.78, 5) is 6.88. The van der Waals surface area contributed by atoms with Crippen molar-refractivity contribution < 1.29 is 24.9 Å². The molecule has 0 aliphatic carbocycles. The molecule has 2 rings (SSSR count). The Balaban J connectivity index is 2.21.